The molecule has 0 aromatic carbocycles. The van der Waals surface area contributed by atoms with Crippen LogP contribution >= 0.6 is 0 Å². The van der Waals surface area contributed by atoms with E-state index in [1.165, 1.54) is 18.4 Å². The Morgan fingerprint density at radius 2 is 1.87 bits per heavy atom. The molecule has 1 rings (SSSR count). The van der Waals surface area contributed by atoms with Crippen LogP contribution in [0, 0.1) is 0 Å². The first kappa shape index (κ1) is 12.1. The zero-order valence-electron chi connectivity index (χ0n) is 9.88. The van der Waals surface area contributed by atoms with Gasteiger partial charge in [0, 0.05) is 19.3 Å². The van der Waals surface area contributed by atoms with Gasteiger partial charge >= 0.3 is 6.03 Å². The molecule has 0 aromatic rings. The Morgan fingerprint density at radius 1 is 1.27 bits per heavy atom. The molecule has 3 nitrogen and oxygen atoms in total. The molecule has 0 radical (unpaired) electrons. The summed E-state index contributed by atoms with van der Waals surface area (Å²) in [6.45, 7) is 5.93. The monoisotopic (exact) mass is 210 g/mol. The molecular weight excluding hydrogens is 188 g/mol. The summed E-state index contributed by atoms with van der Waals surface area (Å²) in [6.07, 6.45) is 7.61. The minimum Gasteiger partial charge on any atom is -0.325 e. The Labute approximate surface area is 92.5 Å². The average molecular weight is 210 g/mol. The third kappa shape index (κ3) is 4.36. The van der Waals surface area contributed by atoms with E-state index in [9.17, 15) is 4.79 Å². The second-order valence-electron chi connectivity index (χ2n) is 4.19. The molecule has 0 unspecified atom stereocenters. The molecule has 0 aliphatic carbocycles. The van der Waals surface area contributed by atoms with E-state index >= 15 is 0 Å². The standard InChI is InChI=1S/C12H22N2O/c1-3-11(2)10-13-12(15)14-8-6-4-5-7-9-14/h10H,3-9H2,1-2H3,(H,13,15)/b11-10+. The molecule has 1 saturated heterocycles. The highest BCUT2D eigenvalue weighted by atomic mass is 16.2. The summed E-state index contributed by atoms with van der Waals surface area (Å²) in [5, 5.41) is 2.86. The zero-order chi connectivity index (χ0) is 11.1. The van der Waals surface area contributed by atoms with E-state index in [0.29, 0.717) is 0 Å². The lowest BCUT2D eigenvalue weighted by atomic mass is 10.2. The Hall–Kier alpha value is -0.990. The summed E-state index contributed by atoms with van der Waals surface area (Å²) in [5.41, 5.74) is 1.21. The van der Waals surface area contributed by atoms with Crippen LogP contribution in [0.3, 0.4) is 0 Å². The molecule has 0 bridgehead atoms. The summed E-state index contributed by atoms with van der Waals surface area (Å²) in [5.74, 6) is 0. The van der Waals surface area contributed by atoms with Gasteiger partial charge < -0.3 is 10.2 Å². The second-order valence-corrected chi connectivity index (χ2v) is 4.19. The van der Waals surface area contributed by atoms with Crippen molar-refractivity contribution in [3.63, 3.8) is 0 Å². The summed E-state index contributed by atoms with van der Waals surface area (Å²) in [4.78, 5) is 13.7. The Kier molecular flexibility index (Phi) is 5.22. The number of urea groups is 1. The highest BCUT2D eigenvalue weighted by molar-refractivity contribution is 5.75. The number of amides is 2. The van der Waals surface area contributed by atoms with Crippen LogP contribution in [0.1, 0.15) is 46.0 Å². The molecule has 0 spiro atoms. The number of carbonyl (C=O) groups excluding carboxylic acids is 1. The number of likely N-dealkylation sites (tertiary alicyclic amines) is 1. The van der Waals surface area contributed by atoms with Gasteiger partial charge in [-0.05, 0) is 26.2 Å². The lowest BCUT2D eigenvalue weighted by molar-refractivity contribution is 0.203. The molecule has 1 aliphatic heterocycles. The van der Waals surface area contributed by atoms with Crippen molar-refractivity contribution in [2.75, 3.05) is 13.1 Å². The van der Waals surface area contributed by atoms with Crippen molar-refractivity contribution in [2.45, 2.75) is 46.0 Å². The number of rotatable bonds is 2. The van der Waals surface area contributed by atoms with E-state index in [4.69, 9.17) is 0 Å². The SMILES string of the molecule is CC/C(C)=C/NC(=O)N1CCCCCC1. The number of allylic oxidation sites excluding steroid dienone is 1. The van der Waals surface area contributed by atoms with Gasteiger partial charge in [-0.25, -0.2) is 4.79 Å². The number of hydrogen-bond acceptors (Lipinski definition) is 1. The van der Waals surface area contributed by atoms with Crippen LogP contribution in [0.5, 0.6) is 0 Å². The van der Waals surface area contributed by atoms with Crippen molar-refractivity contribution in [1.29, 1.82) is 0 Å². The lowest BCUT2D eigenvalue weighted by Gasteiger charge is -2.19. The largest absolute Gasteiger partial charge is 0.325 e. The maximum atomic E-state index is 11.7. The Balaban J connectivity index is 2.38. The van der Waals surface area contributed by atoms with Gasteiger partial charge in [0.05, 0.1) is 0 Å². The summed E-state index contributed by atoms with van der Waals surface area (Å²) >= 11 is 0. The second kappa shape index (κ2) is 6.49. The van der Waals surface area contributed by atoms with Crippen LogP contribution < -0.4 is 5.32 Å². The van der Waals surface area contributed by atoms with Gasteiger partial charge in [-0.15, -0.1) is 0 Å². The third-order valence-corrected chi connectivity index (χ3v) is 2.89. The van der Waals surface area contributed by atoms with Crippen LogP contribution in [-0.2, 0) is 0 Å². The highest BCUT2D eigenvalue weighted by Crippen LogP contribution is 2.09. The van der Waals surface area contributed by atoms with E-state index in [0.717, 1.165) is 32.4 Å². The molecule has 15 heavy (non-hydrogen) atoms. The normalized spacial score (nSPS) is 18.5. The van der Waals surface area contributed by atoms with Gasteiger partial charge in [0.25, 0.3) is 0 Å². The Bertz CT molecular complexity index is 228. The molecule has 1 heterocycles. The van der Waals surface area contributed by atoms with Gasteiger partial charge in [0.2, 0.25) is 0 Å². The first-order valence-corrected chi connectivity index (χ1v) is 5.95. The summed E-state index contributed by atoms with van der Waals surface area (Å²) in [7, 11) is 0. The maximum absolute atomic E-state index is 11.7. The number of carbonyl (C=O) groups is 1. The molecule has 0 saturated carbocycles. The van der Waals surface area contributed by atoms with Crippen molar-refractivity contribution in [3.8, 4) is 0 Å². The molecule has 2 amide bonds. The first-order chi connectivity index (χ1) is 7.24. The quantitative estimate of drug-likeness (QED) is 0.746. The van der Waals surface area contributed by atoms with Crippen LogP contribution in [0.15, 0.2) is 11.8 Å². The van der Waals surface area contributed by atoms with E-state index in [-0.39, 0.29) is 6.03 Å². The minimum atomic E-state index is 0.0599. The van der Waals surface area contributed by atoms with Gasteiger partial charge in [-0.3, -0.25) is 0 Å². The predicted molar refractivity (Wildman–Crippen MR) is 62.6 cm³/mol. The number of hydrogen-bond donors (Lipinski definition) is 1. The van der Waals surface area contributed by atoms with Crippen molar-refractivity contribution in [3.05, 3.63) is 11.8 Å². The topological polar surface area (TPSA) is 32.3 Å². The lowest BCUT2D eigenvalue weighted by Crippen LogP contribution is -2.38. The molecule has 1 N–H and O–H groups in total. The highest BCUT2D eigenvalue weighted by Gasteiger charge is 2.13. The van der Waals surface area contributed by atoms with Crippen LogP contribution in [0.2, 0.25) is 0 Å². The molecule has 0 atom stereocenters. The first-order valence-electron chi connectivity index (χ1n) is 5.95. The molecule has 0 aromatic heterocycles. The molecule has 1 aliphatic rings. The molecule has 86 valence electrons. The minimum absolute atomic E-state index is 0.0599. The molecule has 1 fully saturated rings. The van der Waals surface area contributed by atoms with Crippen molar-refractivity contribution >= 4 is 6.03 Å². The van der Waals surface area contributed by atoms with Gasteiger partial charge in [0.1, 0.15) is 0 Å². The summed E-state index contributed by atoms with van der Waals surface area (Å²) < 4.78 is 0. The predicted octanol–water partition coefficient (Wildman–Crippen LogP) is 2.89. The van der Waals surface area contributed by atoms with Crippen LogP contribution in [0.4, 0.5) is 4.79 Å². The maximum Gasteiger partial charge on any atom is 0.321 e. The Morgan fingerprint density at radius 3 is 2.40 bits per heavy atom. The fourth-order valence-corrected chi connectivity index (χ4v) is 1.65. The smallest absolute Gasteiger partial charge is 0.321 e. The van der Waals surface area contributed by atoms with Gasteiger partial charge in [0.15, 0.2) is 0 Å². The van der Waals surface area contributed by atoms with Gasteiger partial charge in [-0.2, -0.15) is 0 Å². The van der Waals surface area contributed by atoms with E-state index in [1.54, 1.807) is 0 Å². The number of nitrogens with one attached hydrogen (secondary N) is 1. The summed E-state index contributed by atoms with van der Waals surface area (Å²) in [6, 6.07) is 0.0599. The van der Waals surface area contributed by atoms with E-state index in [1.807, 2.05) is 18.0 Å². The average Bonchev–Trinajstić information content (AvgIpc) is 2.53. The van der Waals surface area contributed by atoms with Gasteiger partial charge in [-0.1, -0.05) is 25.3 Å². The van der Waals surface area contributed by atoms with Crippen molar-refractivity contribution in [2.24, 2.45) is 0 Å². The third-order valence-electron chi connectivity index (χ3n) is 2.89. The van der Waals surface area contributed by atoms with E-state index < -0.39 is 0 Å². The molecular formula is C12H22N2O. The number of nitrogens with zero attached hydrogens (tertiary/aromatic N) is 1. The van der Waals surface area contributed by atoms with Crippen molar-refractivity contribution in [1.82, 2.24) is 10.2 Å². The molecule has 3 heteroatoms. The van der Waals surface area contributed by atoms with E-state index in [2.05, 4.69) is 12.2 Å². The van der Waals surface area contributed by atoms with Crippen molar-refractivity contribution < 1.29 is 4.79 Å². The van der Waals surface area contributed by atoms with Crippen LogP contribution in [-0.4, -0.2) is 24.0 Å². The fraction of sp³-hybridized carbons (Fsp3) is 0.750. The van der Waals surface area contributed by atoms with Crippen LogP contribution in [0.25, 0.3) is 0 Å². The zero-order valence-corrected chi connectivity index (χ0v) is 9.88. The fourth-order valence-electron chi connectivity index (χ4n) is 1.65.